The van der Waals surface area contributed by atoms with Crippen LogP contribution in [0.4, 0.5) is 11.5 Å². The van der Waals surface area contributed by atoms with E-state index in [-0.39, 0.29) is 5.91 Å². The van der Waals surface area contributed by atoms with E-state index in [2.05, 4.69) is 21.2 Å². The Morgan fingerprint density at radius 3 is 2.45 bits per heavy atom. The molecule has 38 heavy (non-hydrogen) atoms. The third-order valence-electron chi connectivity index (χ3n) is 6.26. The molecule has 2 heterocycles. The molecule has 0 unspecified atom stereocenters. The molecule has 0 bridgehead atoms. The van der Waals surface area contributed by atoms with Crippen LogP contribution in [-0.4, -0.2) is 81.2 Å². The van der Waals surface area contributed by atoms with Gasteiger partial charge in [-0.1, -0.05) is 47.6 Å². The lowest BCUT2D eigenvalue weighted by Gasteiger charge is -2.37. The zero-order chi connectivity index (χ0) is 26.9. The Hall–Kier alpha value is -2.85. The number of carbonyl (C=O) groups is 1. The molecule has 1 aromatic heterocycles. The Morgan fingerprint density at radius 2 is 1.76 bits per heavy atom. The number of benzene rings is 2. The minimum absolute atomic E-state index is 0.0547. The van der Waals surface area contributed by atoms with Gasteiger partial charge in [0.25, 0.3) is 5.91 Å². The van der Waals surface area contributed by atoms with Crippen LogP contribution in [0.5, 0.6) is 0 Å². The zero-order valence-corrected chi connectivity index (χ0v) is 23.8. The summed E-state index contributed by atoms with van der Waals surface area (Å²) in [5, 5.41) is 4.44. The number of hydrogen-bond acceptors (Lipinski definition) is 8. The average Bonchev–Trinajstić information content (AvgIpc) is 2.92. The highest BCUT2D eigenvalue weighted by atomic mass is 35.5. The van der Waals surface area contributed by atoms with Crippen LogP contribution in [-0.2, 0) is 17.1 Å². The van der Waals surface area contributed by atoms with Gasteiger partial charge in [0.15, 0.2) is 5.16 Å². The van der Waals surface area contributed by atoms with Crippen molar-refractivity contribution in [1.82, 2.24) is 20.2 Å². The summed E-state index contributed by atoms with van der Waals surface area (Å²) in [7, 11) is 5.65. The van der Waals surface area contributed by atoms with Crippen LogP contribution >= 0.6 is 23.4 Å². The maximum atomic E-state index is 12.3. The van der Waals surface area contributed by atoms with Gasteiger partial charge in [-0.15, -0.1) is 0 Å². The quantitative estimate of drug-likeness (QED) is 0.279. The lowest BCUT2D eigenvalue weighted by atomic mass is 10.1. The highest BCUT2D eigenvalue weighted by Gasteiger charge is 2.21. The molecule has 1 N–H and O–H groups in total. The van der Waals surface area contributed by atoms with Crippen molar-refractivity contribution >= 4 is 40.8 Å². The van der Waals surface area contributed by atoms with Crippen molar-refractivity contribution in [2.45, 2.75) is 17.5 Å². The molecule has 1 saturated heterocycles. The number of ether oxygens (including phenoxy) is 1. The Balaban J connectivity index is 1.37. The molecule has 202 valence electrons. The Morgan fingerprint density at radius 1 is 1.05 bits per heavy atom. The topological polar surface area (TPSA) is 73.8 Å². The molecule has 0 spiro atoms. The van der Waals surface area contributed by atoms with Crippen LogP contribution < -0.4 is 15.1 Å². The Labute approximate surface area is 234 Å². The van der Waals surface area contributed by atoms with Crippen LogP contribution in [0, 0.1) is 0 Å². The number of aromatic nitrogens is 2. The number of carbonyl (C=O) groups excluding carboxylic acids is 1. The van der Waals surface area contributed by atoms with Crippen molar-refractivity contribution in [1.29, 1.82) is 0 Å². The smallest absolute Gasteiger partial charge is 0.251 e. The molecule has 0 saturated carbocycles. The number of anilines is 2. The standard InChI is InChI=1S/C28H35ClN6O2S/c1-33(2)13-12-30-27(36)22-10-8-21(9-11-22)20-38-28-31-23(19-37-3)18-26(32-28)35-16-14-34(15-17-35)25-7-5-4-6-24(25)29/h4-11,18H,12-17,19-20H2,1-3H3,(H,30,36). The molecule has 10 heteroatoms. The van der Waals surface area contributed by atoms with E-state index in [9.17, 15) is 4.79 Å². The van der Waals surface area contributed by atoms with Gasteiger partial charge in [-0.3, -0.25) is 4.79 Å². The fourth-order valence-electron chi connectivity index (χ4n) is 4.19. The predicted octanol–water partition coefficient (Wildman–Crippen LogP) is 4.19. The molecule has 1 aliphatic heterocycles. The summed E-state index contributed by atoms with van der Waals surface area (Å²) in [6.07, 6.45) is 0. The lowest BCUT2D eigenvalue weighted by molar-refractivity contribution is 0.0951. The highest BCUT2D eigenvalue weighted by Crippen LogP contribution is 2.28. The lowest BCUT2D eigenvalue weighted by Crippen LogP contribution is -2.47. The molecular formula is C28H35ClN6O2S. The number of amides is 1. The maximum Gasteiger partial charge on any atom is 0.251 e. The number of piperazine rings is 1. The van der Waals surface area contributed by atoms with Gasteiger partial charge >= 0.3 is 0 Å². The molecule has 1 amide bonds. The molecule has 4 rings (SSSR count). The maximum absolute atomic E-state index is 12.3. The molecule has 0 radical (unpaired) electrons. The summed E-state index contributed by atoms with van der Waals surface area (Å²) in [6, 6.07) is 17.7. The number of para-hydroxylation sites is 1. The summed E-state index contributed by atoms with van der Waals surface area (Å²) >= 11 is 8.00. The minimum Gasteiger partial charge on any atom is -0.378 e. The number of halogens is 1. The van der Waals surface area contributed by atoms with Crippen molar-refractivity contribution in [3.63, 3.8) is 0 Å². The second-order valence-corrected chi connectivity index (χ2v) is 10.8. The molecule has 1 aliphatic rings. The van der Waals surface area contributed by atoms with Crippen molar-refractivity contribution in [2.75, 3.05) is 70.3 Å². The van der Waals surface area contributed by atoms with Crippen LogP contribution in [0.15, 0.2) is 59.8 Å². The van der Waals surface area contributed by atoms with Crippen LogP contribution in [0.1, 0.15) is 21.6 Å². The summed E-state index contributed by atoms with van der Waals surface area (Å²) < 4.78 is 5.37. The van der Waals surface area contributed by atoms with Gasteiger partial charge in [-0.2, -0.15) is 0 Å². The molecule has 3 aromatic rings. The number of nitrogens with zero attached hydrogens (tertiary/aromatic N) is 5. The average molecular weight is 555 g/mol. The fourth-order valence-corrected chi connectivity index (χ4v) is 5.27. The molecule has 8 nitrogen and oxygen atoms in total. The number of thioether (sulfide) groups is 1. The number of methoxy groups -OCH3 is 1. The van der Waals surface area contributed by atoms with E-state index in [1.54, 1.807) is 18.9 Å². The first kappa shape index (κ1) is 28.2. The first-order valence-corrected chi connectivity index (χ1v) is 14.1. The first-order valence-electron chi connectivity index (χ1n) is 12.7. The number of likely N-dealkylation sites (N-methyl/N-ethyl adjacent to an activating group) is 1. The second-order valence-electron chi connectivity index (χ2n) is 9.40. The fraction of sp³-hybridized carbons (Fsp3) is 0.393. The van der Waals surface area contributed by atoms with Gasteiger partial charge in [0.05, 0.1) is 23.0 Å². The Bertz CT molecular complexity index is 1200. The molecule has 0 atom stereocenters. The van der Waals surface area contributed by atoms with Crippen molar-refractivity contribution in [3.05, 3.63) is 76.4 Å². The van der Waals surface area contributed by atoms with Crippen molar-refractivity contribution < 1.29 is 9.53 Å². The second kappa shape index (κ2) is 13.8. The SMILES string of the molecule is COCc1cc(N2CCN(c3ccccc3Cl)CC2)nc(SCc2ccc(C(=O)NCCN(C)C)cc2)n1. The first-order chi connectivity index (χ1) is 18.4. The third kappa shape index (κ3) is 7.83. The number of hydrogen-bond donors (Lipinski definition) is 1. The third-order valence-corrected chi connectivity index (χ3v) is 7.50. The van der Waals surface area contributed by atoms with Gasteiger partial charge in [-0.05, 0) is 43.9 Å². The van der Waals surface area contributed by atoms with Crippen LogP contribution in [0.25, 0.3) is 0 Å². The number of rotatable bonds is 11. The number of nitrogens with one attached hydrogen (secondary N) is 1. The summed E-state index contributed by atoms with van der Waals surface area (Å²) in [4.78, 5) is 28.6. The van der Waals surface area contributed by atoms with Crippen molar-refractivity contribution in [3.8, 4) is 0 Å². The van der Waals surface area contributed by atoms with Gasteiger partial charge in [-0.25, -0.2) is 9.97 Å². The zero-order valence-electron chi connectivity index (χ0n) is 22.2. The summed E-state index contributed by atoms with van der Waals surface area (Å²) in [5.41, 5.74) is 3.70. The Kier molecular flexibility index (Phi) is 10.2. The van der Waals surface area contributed by atoms with E-state index < -0.39 is 0 Å². The molecule has 1 fully saturated rings. The van der Waals surface area contributed by atoms with Crippen LogP contribution in [0.2, 0.25) is 5.02 Å². The predicted molar refractivity (Wildman–Crippen MR) is 156 cm³/mol. The molecule has 0 aliphatic carbocycles. The largest absolute Gasteiger partial charge is 0.378 e. The summed E-state index contributed by atoms with van der Waals surface area (Å²) in [6.45, 7) is 5.28. The molecule has 2 aromatic carbocycles. The molecular weight excluding hydrogens is 520 g/mol. The highest BCUT2D eigenvalue weighted by molar-refractivity contribution is 7.98. The monoisotopic (exact) mass is 554 g/mol. The van der Waals surface area contributed by atoms with Gasteiger partial charge in [0, 0.05) is 63.8 Å². The van der Waals surface area contributed by atoms with Crippen LogP contribution in [0.3, 0.4) is 0 Å². The van der Waals surface area contributed by atoms with E-state index >= 15 is 0 Å². The van der Waals surface area contributed by atoms with E-state index in [1.165, 1.54) is 0 Å². The normalized spacial score (nSPS) is 13.7. The van der Waals surface area contributed by atoms with Gasteiger partial charge in [0.1, 0.15) is 5.82 Å². The van der Waals surface area contributed by atoms with Crippen molar-refractivity contribution in [2.24, 2.45) is 0 Å². The van der Waals surface area contributed by atoms with E-state index in [0.717, 1.165) is 60.5 Å². The van der Waals surface area contributed by atoms with E-state index in [4.69, 9.17) is 26.3 Å². The minimum atomic E-state index is -0.0547. The summed E-state index contributed by atoms with van der Waals surface area (Å²) in [5.74, 6) is 1.57. The van der Waals surface area contributed by atoms with E-state index in [0.29, 0.717) is 29.6 Å². The van der Waals surface area contributed by atoms with Gasteiger partial charge in [0.2, 0.25) is 0 Å². The van der Waals surface area contributed by atoms with E-state index in [1.807, 2.05) is 67.5 Å². The van der Waals surface area contributed by atoms with Gasteiger partial charge < -0.3 is 24.8 Å².